The molecule has 0 radical (unpaired) electrons. The Hall–Kier alpha value is -1.42. The van der Waals surface area contributed by atoms with Gasteiger partial charge in [0.25, 0.3) is 0 Å². The van der Waals surface area contributed by atoms with Crippen molar-refractivity contribution < 1.29 is 5.11 Å². The maximum Gasteiger partial charge on any atom is 0.138 e. The Morgan fingerprint density at radius 1 is 1.25 bits per heavy atom. The van der Waals surface area contributed by atoms with E-state index in [-0.39, 0.29) is 11.8 Å². The molecule has 20 heavy (non-hydrogen) atoms. The van der Waals surface area contributed by atoms with Crippen LogP contribution in [0.5, 0.6) is 5.75 Å². The van der Waals surface area contributed by atoms with Crippen molar-refractivity contribution in [1.29, 1.82) is 0 Å². The highest BCUT2D eigenvalue weighted by Crippen LogP contribution is 2.44. The van der Waals surface area contributed by atoms with Crippen LogP contribution >= 0.6 is 23.2 Å². The van der Waals surface area contributed by atoms with Gasteiger partial charge in [-0.3, -0.25) is 0 Å². The smallest absolute Gasteiger partial charge is 0.138 e. The van der Waals surface area contributed by atoms with Gasteiger partial charge in [0.2, 0.25) is 0 Å². The second kappa shape index (κ2) is 5.17. The van der Waals surface area contributed by atoms with Gasteiger partial charge in [0.15, 0.2) is 0 Å². The van der Waals surface area contributed by atoms with Crippen molar-refractivity contribution in [2.75, 3.05) is 11.4 Å². The Morgan fingerprint density at radius 2 is 2.00 bits per heavy atom. The first-order chi connectivity index (χ1) is 9.61. The third-order valence-electron chi connectivity index (χ3n) is 3.64. The lowest BCUT2D eigenvalue weighted by atomic mass is 10.0. The molecule has 2 aromatic rings. The highest BCUT2D eigenvalue weighted by Gasteiger charge is 2.32. The Labute approximate surface area is 127 Å². The van der Waals surface area contributed by atoms with Crippen molar-refractivity contribution in [3.63, 3.8) is 0 Å². The van der Waals surface area contributed by atoms with Crippen molar-refractivity contribution >= 4 is 28.9 Å². The van der Waals surface area contributed by atoms with E-state index in [0.29, 0.717) is 23.1 Å². The van der Waals surface area contributed by atoms with Crippen LogP contribution in [0.25, 0.3) is 0 Å². The Morgan fingerprint density at radius 3 is 2.70 bits per heavy atom. The largest absolute Gasteiger partial charge is 0.506 e. The van der Waals surface area contributed by atoms with E-state index in [0.717, 1.165) is 16.8 Å². The van der Waals surface area contributed by atoms with Crippen LogP contribution in [0, 0.1) is 0 Å². The quantitative estimate of drug-likeness (QED) is 0.889. The third-order valence-corrected chi connectivity index (χ3v) is 4.18. The van der Waals surface area contributed by atoms with Gasteiger partial charge in [-0.2, -0.15) is 0 Å². The van der Waals surface area contributed by atoms with E-state index in [1.54, 1.807) is 18.2 Å². The summed E-state index contributed by atoms with van der Waals surface area (Å²) in [6.45, 7) is 1.05. The summed E-state index contributed by atoms with van der Waals surface area (Å²) in [7, 11) is 0. The maximum absolute atomic E-state index is 10.0. The molecule has 0 fully saturated rings. The maximum atomic E-state index is 10.0. The van der Waals surface area contributed by atoms with Crippen LogP contribution in [0.15, 0.2) is 36.4 Å². The van der Waals surface area contributed by atoms with Crippen LogP contribution < -0.4 is 10.6 Å². The molecule has 0 spiro atoms. The highest BCUT2D eigenvalue weighted by molar-refractivity contribution is 6.35. The normalized spacial score (nSPS) is 17.4. The van der Waals surface area contributed by atoms with Crippen molar-refractivity contribution in [2.24, 2.45) is 5.73 Å². The first-order valence-electron chi connectivity index (χ1n) is 6.34. The minimum Gasteiger partial charge on any atom is -0.506 e. The summed E-state index contributed by atoms with van der Waals surface area (Å²) in [5.41, 5.74) is 8.73. The summed E-state index contributed by atoms with van der Waals surface area (Å²) in [4.78, 5) is 2.06. The third kappa shape index (κ3) is 2.12. The fourth-order valence-corrected chi connectivity index (χ4v) is 3.46. The number of nitrogens with zero attached hydrogens (tertiary/aromatic N) is 1. The SMILES string of the molecule is NCC1c2c(Cl)cc(Cl)cc2CN1c1ccccc1O. The summed E-state index contributed by atoms with van der Waals surface area (Å²) >= 11 is 12.4. The molecule has 3 nitrogen and oxygen atoms in total. The molecule has 0 saturated heterocycles. The standard InChI is InChI=1S/C15H14Cl2N2O/c16-10-5-9-8-19(12-3-1-2-4-14(12)20)13(7-18)15(9)11(17)6-10/h1-6,13,20H,7-8,18H2. The van der Waals surface area contributed by atoms with Gasteiger partial charge in [-0.15, -0.1) is 0 Å². The monoisotopic (exact) mass is 308 g/mol. The molecule has 0 amide bonds. The van der Waals surface area contributed by atoms with Crippen LogP contribution in [-0.2, 0) is 6.54 Å². The second-order valence-corrected chi connectivity index (χ2v) is 5.67. The molecule has 0 aromatic heterocycles. The van der Waals surface area contributed by atoms with Crippen LogP contribution in [0.1, 0.15) is 17.2 Å². The summed E-state index contributed by atoms with van der Waals surface area (Å²) in [5, 5.41) is 11.3. The first-order valence-corrected chi connectivity index (χ1v) is 7.10. The zero-order chi connectivity index (χ0) is 14.3. The van der Waals surface area contributed by atoms with Gasteiger partial charge >= 0.3 is 0 Å². The molecule has 1 atom stereocenters. The van der Waals surface area contributed by atoms with Crippen molar-refractivity contribution in [3.05, 3.63) is 57.6 Å². The van der Waals surface area contributed by atoms with Gasteiger partial charge in [-0.1, -0.05) is 35.3 Å². The number of rotatable bonds is 2. The van der Waals surface area contributed by atoms with Crippen LogP contribution in [0.2, 0.25) is 10.0 Å². The fraction of sp³-hybridized carbons (Fsp3) is 0.200. The molecule has 1 heterocycles. The van der Waals surface area contributed by atoms with E-state index < -0.39 is 0 Å². The first kappa shape index (κ1) is 13.6. The van der Waals surface area contributed by atoms with Crippen LogP contribution in [0.3, 0.4) is 0 Å². The van der Waals surface area contributed by atoms with Gasteiger partial charge in [0, 0.05) is 23.1 Å². The molecule has 3 N–H and O–H groups in total. The Balaban J connectivity index is 2.09. The van der Waals surface area contributed by atoms with E-state index in [1.807, 2.05) is 18.2 Å². The van der Waals surface area contributed by atoms with E-state index in [2.05, 4.69) is 4.90 Å². The predicted molar refractivity (Wildman–Crippen MR) is 82.5 cm³/mol. The number of aromatic hydroxyl groups is 1. The average molecular weight is 309 g/mol. The number of phenolic OH excluding ortho intramolecular Hbond substituents is 1. The van der Waals surface area contributed by atoms with Gasteiger partial charge in [-0.25, -0.2) is 0 Å². The zero-order valence-corrected chi connectivity index (χ0v) is 12.2. The molecule has 1 unspecified atom stereocenters. The van der Waals surface area contributed by atoms with E-state index in [9.17, 15) is 5.11 Å². The van der Waals surface area contributed by atoms with Crippen molar-refractivity contribution in [1.82, 2.24) is 0 Å². The topological polar surface area (TPSA) is 49.5 Å². The number of phenols is 1. The molecular formula is C15H14Cl2N2O. The number of para-hydroxylation sites is 2. The van der Waals surface area contributed by atoms with Gasteiger partial charge in [-0.05, 0) is 35.4 Å². The van der Waals surface area contributed by atoms with Gasteiger partial charge in [0.05, 0.1) is 11.7 Å². The second-order valence-electron chi connectivity index (χ2n) is 4.83. The van der Waals surface area contributed by atoms with E-state index >= 15 is 0 Å². The number of fused-ring (bicyclic) bond motifs is 1. The molecule has 1 aliphatic heterocycles. The lowest BCUT2D eigenvalue weighted by Gasteiger charge is -2.27. The average Bonchev–Trinajstić information content (AvgIpc) is 2.77. The predicted octanol–water partition coefficient (Wildman–Crippen LogP) is 3.72. The lowest BCUT2D eigenvalue weighted by Crippen LogP contribution is -2.27. The number of hydrogen-bond donors (Lipinski definition) is 2. The summed E-state index contributed by atoms with van der Waals surface area (Å²) < 4.78 is 0. The van der Waals surface area contributed by atoms with Gasteiger partial charge < -0.3 is 15.7 Å². The molecule has 0 bridgehead atoms. The Kier molecular flexibility index (Phi) is 3.50. The molecule has 2 aromatic carbocycles. The number of nitrogens with two attached hydrogens (primary N) is 1. The van der Waals surface area contributed by atoms with Crippen molar-refractivity contribution in [3.8, 4) is 5.75 Å². The van der Waals surface area contributed by atoms with Gasteiger partial charge in [0.1, 0.15) is 5.75 Å². The minimum absolute atomic E-state index is 0.0527. The number of benzene rings is 2. The molecule has 1 aliphatic rings. The molecule has 3 rings (SSSR count). The fourth-order valence-electron chi connectivity index (χ4n) is 2.80. The molecule has 5 heteroatoms. The number of hydrogen-bond acceptors (Lipinski definition) is 3. The zero-order valence-electron chi connectivity index (χ0n) is 10.7. The lowest BCUT2D eigenvalue weighted by molar-refractivity contribution is 0.471. The van der Waals surface area contributed by atoms with Crippen molar-refractivity contribution in [2.45, 2.75) is 12.6 Å². The number of halogens is 2. The van der Waals surface area contributed by atoms with Crippen LogP contribution in [-0.4, -0.2) is 11.7 Å². The molecule has 0 aliphatic carbocycles. The number of anilines is 1. The van der Waals surface area contributed by atoms with E-state index in [4.69, 9.17) is 28.9 Å². The minimum atomic E-state index is -0.0527. The summed E-state index contributed by atoms with van der Waals surface area (Å²) in [5.74, 6) is 0.237. The molecular weight excluding hydrogens is 295 g/mol. The van der Waals surface area contributed by atoms with E-state index in [1.165, 1.54) is 0 Å². The van der Waals surface area contributed by atoms with Crippen LogP contribution in [0.4, 0.5) is 5.69 Å². The molecule has 0 saturated carbocycles. The summed E-state index contributed by atoms with van der Waals surface area (Å²) in [6.07, 6.45) is 0. The molecule has 104 valence electrons. The highest BCUT2D eigenvalue weighted by atomic mass is 35.5. The summed E-state index contributed by atoms with van der Waals surface area (Å²) in [6, 6.07) is 10.8. The Bertz CT molecular complexity index is 660.